The highest BCUT2D eigenvalue weighted by Crippen LogP contribution is 2.32. The van der Waals surface area contributed by atoms with Crippen LogP contribution in [0.5, 0.6) is 0 Å². The Morgan fingerprint density at radius 3 is 2.57 bits per heavy atom. The summed E-state index contributed by atoms with van der Waals surface area (Å²) in [6, 6.07) is 6.11. The molecular formula is C19H26N2O2. The Morgan fingerprint density at radius 1 is 1.13 bits per heavy atom. The molecule has 23 heavy (non-hydrogen) atoms. The van der Waals surface area contributed by atoms with Crippen molar-refractivity contribution in [2.45, 2.75) is 57.4 Å². The smallest absolute Gasteiger partial charge is 0.220 e. The summed E-state index contributed by atoms with van der Waals surface area (Å²) < 4.78 is 0. The topological polar surface area (TPSA) is 72.2 Å². The van der Waals surface area contributed by atoms with E-state index < -0.39 is 0 Å². The standard InChI is InChI=1S/C19H26N2O2/c20-12-17(14-6-7-14)21-19(23)10-9-18(22)16-8-5-13-3-1-2-4-15(13)11-16/h5,8,11,14,17H,1-4,6-7,9-10,12,20H2,(H,21,23). The van der Waals surface area contributed by atoms with Crippen molar-refractivity contribution < 1.29 is 9.59 Å². The van der Waals surface area contributed by atoms with Crippen LogP contribution in [0.4, 0.5) is 0 Å². The molecule has 0 radical (unpaired) electrons. The van der Waals surface area contributed by atoms with Crippen molar-refractivity contribution in [1.82, 2.24) is 5.32 Å². The average Bonchev–Trinajstić information content (AvgIpc) is 3.42. The number of carbonyl (C=O) groups excluding carboxylic acids is 2. The van der Waals surface area contributed by atoms with Crippen LogP contribution < -0.4 is 11.1 Å². The fourth-order valence-electron chi connectivity index (χ4n) is 3.43. The van der Waals surface area contributed by atoms with Gasteiger partial charge in [-0.1, -0.05) is 12.1 Å². The monoisotopic (exact) mass is 314 g/mol. The molecule has 0 bridgehead atoms. The van der Waals surface area contributed by atoms with E-state index in [1.165, 1.54) is 24.0 Å². The van der Waals surface area contributed by atoms with Crippen LogP contribution in [0.3, 0.4) is 0 Å². The SMILES string of the molecule is NCC(NC(=O)CCC(=O)c1ccc2c(c1)CCCC2)C1CC1. The molecule has 1 amide bonds. The zero-order chi connectivity index (χ0) is 16.2. The van der Waals surface area contributed by atoms with Gasteiger partial charge >= 0.3 is 0 Å². The highest BCUT2D eigenvalue weighted by atomic mass is 16.2. The number of nitrogens with one attached hydrogen (secondary N) is 1. The highest BCUT2D eigenvalue weighted by molar-refractivity contribution is 5.98. The number of rotatable bonds is 7. The third kappa shape index (κ3) is 4.20. The molecular weight excluding hydrogens is 288 g/mol. The van der Waals surface area contributed by atoms with Crippen LogP contribution in [0, 0.1) is 5.92 Å². The van der Waals surface area contributed by atoms with Gasteiger partial charge in [-0.05, 0) is 61.6 Å². The van der Waals surface area contributed by atoms with E-state index in [1.54, 1.807) is 0 Å². The lowest BCUT2D eigenvalue weighted by Gasteiger charge is -2.17. The first kappa shape index (κ1) is 16.2. The van der Waals surface area contributed by atoms with E-state index in [9.17, 15) is 9.59 Å². The largest absolute Gasteiger partial charge is 0.352 e. The molecule has 124 valence electrons. The molecule has 1 fully saturated rings. The summed E-state index contributed by atoms with van der Waals surface area (Å²) >= 11 is 0. The molecule has 1 saturated carbocycles. The second-order valence-corrected chi connectivity index (χ2v) is 6.86. The van der Waals surface area contributed by atoms with Gasteiger partial charge in [-0.15, -0.1) is 0 Å². The molecule has 3 N–H and O–H groups in total. The Kier molecular flexibility index (Phi) is 5.11. The van der Waals surface area contributed by atoms with Crippen LogP contribution in [0.25, 0.3) is 0 Å². The summed E-state index contributed by atoms with van der Waals surface area (Å²) in [4.78, 5) is 24.3. The third-order valence-corrected chi connectivity index (χ3v) is 5.04. The maximum absolute atomic E-state index is 12.3. The van der Waals surface area contributed by atoms with Crippen molar-refractivity contribution in [1.29, 1.82) is 0 Å². The van der Waals surface area contributed by atoms with Crippen molar-refractivity contribution in [2.24, 2.45) is 11.7 Å². The van der Waals surface area contributed by atoms with Gasteiger partial charge in [0, 0.05) is 31.0 Å². The minimum absolute atomic E-state index is 0.0568. The van der Waals surface area contributed by atoms with E-state index in [-0.39, 0.29) is 30.6 Å². The lowest BCUT2D eigenvalue weighted by molar-refractivity contribution is -0.121. The lowest BCUT2D eigenvalue weighted by atomic mass is 9.89. The van der Waals surface area contributed by atoms with Crippen molar-refractivity contribution in [2.75, 3.05) is 6.54 Å². The van der Waals surface area contributed by atoms with Crippen molar-refractivity contribution in [3.63, 3.8) is 0 Å². The van der Waals surface area contributed by atoms with Crippen molar-refractivity contribution in [3.05, 3.63) is 34.9 Å². The maximum Gasteiger partial charge on any atom is 0.220 e. The number of aryl methyl sites for hydroxylation is 2. The van der Waals surface area contributed by atoms with Crippen molar-refractivity contribution >= 4 is 11.7 Å². The van der Waals surface area contributed by atoms with Gasteiger partial charge in [-0.25, -0.2) is 0 Å². The minimum Gasteiger partial charge on any atom is -0.352 e. The first-order chi connectivity index (χ1) is 11.2. The van der Waals surface area contributed by atoms with Crippen LogP contribution in [-0.4, -0.2) is 24.3 Å². The maximum atomic E-state index is 12.3. The number of Topliss-reactive ketones (excluding diaryl/α,β-unsaturated/α-hetero) is 1. The summed E-state index contributed by atoms with van der Waals surface area (Å²) in [6.45, 7) is 0.481. The molecule has 0 saturated heterocycles. The van der Waals surface area contributed by atoms with Gasteiger partial charge in [0.2, 0.25) is 5.91 Å². The van der Waals surface area contributed by atoms with E-state index in [2.05, 4.69) is 11.4 Å². The number of benzene rings is 1. The number of hydrogen-bond acceptors (Lipinski definition) is 3. The molecule has 3 rings (SSSR count). The fraction of sp³-hybridized carbons (Fsp3) is 0.579. The highest BCUT2D eigenvalue weighted by Gasteiger charge is 2.31. The molecule has 1 aromatic rings. The average molecular weight is 314 g/mol. The van der Waals surface area contributed by atoms with E-state index in [0.717, 1.165) is 31.2 Å². The molecule has 2 aliphatic carbocycles. The normalized spacial score (nSPS) is 18.1. The summed E-state index contributed by atoms with van der Waals surface area (Å²) in [7, 11) is 0. The van der Waals surface area contributed by atoms with E-state index in [1.807, 2.05) is 12.1 Å². The molecule has 1 aromatic carbocycles. The van der Waals surface area contributed by atoms with Crippen LogP contribution >= 0.6 is 0 Å². The van der Waals surface area contributed by atoms with Gasteiger partial charge in [0.15, 0.2) is 5.78 Å². The second-order valence-electron chi connectivity index (χ2n) is 6.86. The number of carbonyl (C=O) groups is 2. The molecule has 0 aliphatic heterocycles. The Balaban J connectivity index is 1.51. The molecule has 0 aromatic heterocycles. The molecule has 4 heteroatoms. The predicted octanol–water partition coefficient (Wildman–Crippen LogP) is 2.38. The predicted molar refractivity (Wildman–Crippen MR) is 90.4 cm³/mol. The van der Waals surface area contributed by atoms with Gasteiger partial charge in [-0.2, -0.15) is 0 Å². The van der Waals surface area contributed by atoms with Gasteiger partial charge < -0.3 is 11.1 Å². The van der Waals surface area contributed by atoms with Crippen LogP contribution in [0.2, 0.25) is 0 Å². The zero-order valence-electron chi connectivity index (χ0n) is 13.6. The first-order valence-electron chi connectivity index (χ1n) is 8.82. The second kappa shape index (κ2) is 7.26. The summed E-state index contributed by atoms with van der Waals surface area (Å²) in [6.07, 6.45) is 7.45. The number of fused-ring (bicyclic) bond motifs is 1. The van der Waals surface area contributed by atoms with E-state index in [4.69, 9.17) is 5.73 Å². The Bertz CT molecular complexity index is 593. The Morgan fingerprint density at radius 2 is 1.87 bits per heavy atom. The lowest BCUT2D eigenvalue weighted by Crippen LogP contribution is -2.41. The molecule has 4 nitrogen and oxygen atoms in total. The number of ketones is 1. The summed E-state index contributed by atoms with van der Waals surface area (Å²) in [5.74, 6) is 0.545. The molecule has 1 atom stereocenters. The third-order valence-electron chi connectivity index (χ3n) is 5.04. The van der Waals surface area contributed by atoms with Gasteiger partial charge in [-0.3, -0.25) is 9.59 Å². The van der Waals surface area contributed by atoms with Crippen molar-refractivity contribution in [3.8, 4) is 0 Å². The Hall–Kier alpha value is -1.68. The fourth-order valence-corrected chi connectivity index (χ4v) is 3.43. The van der Waals surface area contributed by atoms with Crippen LogP contribution in [0.15, 0.2) is 18.2 Å². The number of nitrogens with two attached hydrogens (primary N) is 1. The molecule has 0 spiro atoms. The molecule has 2 aliphatic rings. The van der Waals surface area contributed by atoms with Gasteiger partial charge in [0.25, 0.3) is 0 Å². The van der Waals surface area contributed by atoms with Crippen LogP contribution in [0.1, 0.15) is 60.0 Å². The molecule has 1 unspecified atom stereocenters. The minimum atomic E-state index is -0.0568. The summed E-state index contributed by atoms with van der Waals surface area (Å²) in [5, 5.41) is 2.97. The summed E-state index contributed by atoms with van der Waals surface area (Å²) in [5.41, 5.74) is 9.12. The molecule has 0 heterocycles. The Labute approximate surface area is 137 Å². The van der Waals surface area contributed by atoms with Crippen LogP contribution in [-0.2, 0) is 17.6 Å². The van der Waals surface area contributed by atoms with E-state index >= 15 is 0 Å². The zero-order valence-corrected chi connectivity index (χ0v) is 13.6. The number of hydrogen-bond donors (Lipinski definition) is 2. The van der Waals surface area contributed by atoms with E-state index in [0.29, 0.717) is 12.5 Å². The van der Waals surface area contributed by atoms with Gasteiger partial charge in [0.1, 0.15) is 0 Å². The first-order valence-corrected chi connectivity index (χ1v) is 8.82. The van der Waals surface area contributed by atoms with Gasteiger partial charge in [0.05, 0.1) is 0 Å². The number of amides is 1. The quantitative estimate of drug-likeness (QED) is 0.759.